The number of methoxy groups -OCH3 is 1. The van der Waals surface area contributed by atoms with Gasteiger partial charge in [0.25, 0.3) is 0 Å². The number of carbonyl (C=O) groups excluding carboxylic acids is 1. The van der Waals surface area contributed by atoms with Crippen LogP contribution >= 0.6 is 0 Å². The van der Waals surface area contributed by atoms with E-state index in [9.17, 15) is 10.1 Å². The Hall–Kier alpha value is -1.95. The number of unbranched alkanes of at least 4 members (excludes halogenated alkanes) is 2. The summed E-state index contributed by atoms with van der Waals surface area (Å²) in [5, 5.41) is 12.7. The number of nitrogens with zero attached hydrogens (tertiary/aromatic N) is 3. The molecule has 0 aromatic carbocycles. The number of ether oxygens (including phenoxy) is 1. The van der Waals surface area contributed by atoms with E-state index in [1.54, 1.807) is 7.11 Å². The van der Waals surface area contributed by atoms with E-state index in [0.717, 1.165) is 77.2 Å². The van der Waals surface area contributed by atoms with E-state index in [1.807, 2.05) is 6.21 Å². The van der Waals surface area contributed by atoms with Gasteiger partial charge < -0.3 is 26.4 Å². The van der Waals surface area contributed by atoms with Crippen LogP contribution in [0.1, 0.15) is 105 Å². The van der Waals surface area contributed by atoms with Crippen LogP contribution in [0.2, 0.25) is 0 Å². The van der Waals surface area contributed by atoms with E-state index >= 15 is 0 Å². The molecule has 222 valence electrons. The van der Waals surface area contributed by atoms with Crippen molar-refractivity contribution in [1.82, 2.24) is 10.2 Å². The number of likely N-dealkylation sites (N-methyl/N-ethyl adjacent to an activating group) is 1. The van der Waals surface area contributed by atoms with Crippen molar-refractivity contribution in [2.45, 2.75) is 129 Å². The Morgan fingerprint density at radius 1 is 1.23 bits per heavy atom. The second-order valence-corrected chi connectivity index (χ2v) is 11.9. The van der Waals surface area contributed by atoms with Crippen LogP contribution in [-0.4, -0.2) is 61.1 Å². The molecule has 0 bridgehead atoms. The normalized spacial score (nSPS) is 30.3. The molecule has 0 aromatic rings. The summed E-state index contributed by atoms with van der Waals surface area (Å²) in [4.78, 5) is 21.3. The second-order valence-electron chi connectivity index (χ2n) is 11.9. The lowest BCUT2D eigenvalue weighted by Gasteiger charge is -2.45. The minimum atomic E-state index is -0.850. The predicted molar refractivity (Wildman–Crippen MR) is 160 cm³/mol. The van der Waals surface area contributed by atoms with Crippen LogP contribution in [0.4, 0.5) is 0 Å². The lowest BCUT2D eigenvalue weighted by Crippen LogP contribution is -2.63. The Kier molecular flexibility index (Phi) is 13.9. The molecule has 8 nitrogen and oxygen atoms in total. The van der Waals surface area contributed by atoms with Crippen LogP contribution < -0.4 is 16.8 Å². The average Bonchev–Trinajstić information content (AvgIpc) is 3.00. The summed E-state index contributed by atoms with van der Waals surface area (Å²) >= 11 is 0. The number of amides is 1. The quantitative estimate of drug-likeness (QED) is 0.211. The van der Waals surface area contributed by atoms with Crippen LogP contribution in [0.3, 0.4) is 0 Å². The highest BCUT2D eigenvalue weighted by Crippen LogP contribution is 2.42. The summed E-state index contributed by atoms with van der Waals surface area (Å²) in [6.45, 7) is 10.3. The monoisotopic (exact) mass is 544 g/mol. The lowest BCUT2D eigenvalue weighted by atomic mass is 9.70. The highest BCUT2D eigenvalue weighted by molar-refractivity contribution is 5.81. The van der Waals surface area contributed by atoms with Gasteiger partial charge in [-0.3, -0.25) is 9.79 Å². The molecule has 2 heterocycles. The number of hydrogen-bond donors (Lipinski definition) is 3. The zero-order chi connectivity index (χ0) is 28.9. The number of nitrogens with two attached hydrogens (primary N) is 2. The number of carbonyl (C=O) groups is 1. The first-order valence-corrected chi connectivity index (χ1v) is 15.4. The van der Waals surface area contributed by atoms with Crippen molar-refractivity contribution in [3.63, 3.8) is 0 Å². The predicted octanol–water partition coefficient (Wildman–Crippen LogP) is 4.89. The maximum Gasteiger partial charge on any atom is 0.228 e. The molecule has 1 amide bonds. The minimum absolute atomic E-state index is 0.0781. The largest absolute Gasteiger partial charge is 0.376 e. The number of rotatable bonds is 14. The van der Waals surface area contributed by atoms with Gasteiger partial charge in [0.05, 0.1) is 30.2 Å². The van der Waals surface area contributed by atoms with Gasteiger partial charge in [-0.2, -0.15) is 5.26 Å². The zero-order valence-electron chi connectivity index (χ0n) is 25.3. The highest BCUT2D eigenvalue weighted by Gasteiger charge is 2.44. The maximum absolute atomic E-state index is 14.1. The fourth-order valence-corrected chi connectivity index (χ4v) is 6.69. The topological polar surface area (TPSA) is 130 Å². The van der Waals surface area contributed by atoms with Gasteiger partial charge in [-0.1, -0.05) is 59.3 Å². The highest BCUT2D eigenvalue weighted by atomic mass is 16.5. The Morgan fingerprint density at radius 2 is 2.00 bits per heavy atom. The number of hydrogen-bond acceptors (Lipinski definition) is 7. The van der Waals surface area contributed by atoms with Crippen LogP contribution in [0.15, 0.2) is 17.3 Å². The Morgan fingerprint density at radius 3 is 2.59 bits per heavy atom. The van der Waals surface area contributed by atoms with Gasteiger partial charge >= 0.3 is 0 Å². The molecule has 8 heteroatoms. The molecular formula is C31H56N6O2. The number of aliphatic imine (C=N–C) groups is 1. The summed E-state index contributed by atoms with van der Waals surface area (Å²) in [5.74, 6) is -0.736. The number of nitriles is 1. The Labute approximate surface area is 238 Å². The van der Waals surface area contributed by atoms with Crippen LogP contribution in [0.25, 0.3) is 0 Å². The summed E-state index contributed by atoms with van der Waals surface area (Å²) in [6, 6.07) is 1.75. The summed E-state index contributed by atoms with van der Waals surface area (Å²) in [7, 11) is 1.74. The zero-order valence-corrected chi connectivity index (χ0v) is 25.3. The molecular weight excluding hydrogens is 488 g/mol. The molecule has 2 aliphatic heterocycles. The van der Waals surface area contributed by atoms with Gasteiger partial charge in [0, 0.05) is 38.8 Å². The Balaban J connectivity index is 2.42. The molecule has 6 unspecified atom stereocenters. The third kappa shape index (κ3) is 9.03. The first kappa shape index (κ1) is 33.3. The van der Waals surface area contributed by atoms with E-state index in [4.69, 9.17) is 21.2 Å². The molecule has 6 atom stereocenters. The van der Waals surface area contributed by atoms with Crippen molar-refractivity contribution < 1.29 is 9.53 Å². The minimum Gasteiger partial charge on any atom is -0.376 e. The fourth-order valence-electron chi connectivity index (χ4n) is 6.69. The third-order valence-corrected chi connectivity index (χ3v) is 9.28. The van der Waals surface area contributed by atoms with Crippen LogP contribution in [-0.2, 0) is 9.53 Å². The maximum atomic E-state index is 14.1. The van der Waals surface area contributed by atoms with Crippen molar-refractivity contribution in [2.75, 3.05) is 20.2 Å². The van der Waals surface area contributed by atoms with Gasteiger partial charge in [0.15, 0.2) is 0 Å². The third-order valence-electron chi connectivity index (χ3n) is 9.28. The van der Waals surface area contributed by atoms with Crippen LogP contribution in [0, 0.1) is 28.6 Å². The first-order chi connectivity index (χ1) is 18.7. The number of nitrogens with one attached hydrogen (secondary N) is 1. The molecule has 2 aliphatic rings. The molecule has 0 saturated heterocycles. The molecule has 0 spiro atoms. The molecule has 5 N–H and O–H groups in total. The van der Waals surface area contributed by atoms with Gasteiger partial charge in [0.1, 0.15) is 5.60 Å². The smallest absolute Gasteiger partial charge is 0.228 e. The molecule has 2 rings (SSSR count). The molecule has 0 aromatic heterocycles. The van der Waals surface area contributed by atoms with Crippen molar-refractivity contribution in [3.8, 4) is 6.07 Å². The van der Waals surface area contributed by atoms with Crippen molar-refractivity contribution in [2.24, 2.45) is 33.7 Å². The standard InChI is InChI=1S/C31H56N6O2/c1-6-10-11-17-31(39-5)18-20-37(9-4)23-26(31)36-29(38)27(28(33)34)25-21-30(8-3,15-7-2)16-12-13-24(14-19-32)22-35-25/h18,20,22,24-28H,6-17,21,23,33-34H2,1-5H3,(H,36,38). The molecule has 39 heavy (non-hydrogen) atoms. The van der Waals surface area contributed by atoms with Gasteiger partial charge in [0.2, 0.25) is 5.91 Å². The molecule has 0 fully saturated rings. The van der Waals surface area contributed by atoms with E-state index in [-0.39, 0.29) is 29.3 Å². The molecule has 0 radical (unpaired) electrons. The van der Waals surface area contributed by atoms with Crippen LogP contribution in [0.5, 0.6) is 0 Å². The fraction of sp³-hybridized carbons (Fsp3) is 0.839. The summed E-state index contributed by atoms with van der Waals surface area (Å²) < 4.78 is 6.14. The molecule has 0 aliphatic carbocycles. The van der Waals surface area contributed by atoms with Crippen molar-refractivity contribution in [1.29, 1.82) is 5.26 Å². The Bertz CT molecular complexity index is 839. The lowest BCUT2D eigenvalue weighted by molar-refractivity contribution is -0.130. The van der Waals surface area contributed by atoms with Crippen molar-refractivity contribution in [3.05, 3.63) is 12.3 Å². The first-order valence-electron chi connectivity index (χ1n) is 15.4. The summed E-state index contributed by atoms with van der Waals surface area (Å²) in [5.41, 5.74) is 12.3. The summed E-state index contributed by atoms with van der Waals surface area (Å²) in [6.07, 6.45) is 16.8. The van der Waals surface area contributed by atoms with E-state index in [2.05, 4.69) is 56.3 Å². The van der Waals surface area contributed by atoms with Gasteiger partial charge in [-0.05, 0) is 56.7 Å². The van der Waals surface area contributed by atoms with E-state index in [1.165, 1.54) is 0 Å². The van der Waals surface area contributed by atoms with Gasteiger partial charge in [-0.25, -0.2) is 0 Å². The SMILES string of the molecule is CCCCCC1(OC)C=CN(CC)CC1NC(=O)C(C(N)N)C1CC(CC)(CCC)CCCC(CC#N)C=N1. The second kappa shape index (κ2) is 16.3. The van der Waals surface area contributed by atoms with E-state index < -0.39 is 17.7 Å². The van der Waals surface area contributed by atoms with E-state index in [0.29, 0.717) is 13.0 Å². The van der Waals surface area contributed by atoms with Gasteiger partial charge in [-0.15, -0.1) is 0 Å². The average molecular weight is 545 g/mol. The molecule has 0 saturated carbocycles. The van der Waals surface area contributed by atoms with Crippen molar-refractivity contribution >= 4 is 12.1 Å².